The van der Waals surface area contributed by atoms with Crippen LogP contribution < -0.4 is 10.5 Å². The molecule has 2 N–H and O–H groups in total. The van der Waals surface area contributed by atoms with Gasteiger partial charge in [-0.05, 0) is 58.4 Å². The summed E-state index contributed by atoms with van der Waals surface area (Å²) < 4.78 is 6.46. The molecule has 0 fully saturated rings. The summed E-state index contributed by atoms with van der Waals surface area (Å²) in [6.45, 7) is 2.66. The van der Waals surface area contributed by atoms with Crippen LogP contribution in [0.25, 0.3) is 0 Å². The predicted octanol–water partition coefficient (Wildman–Crippen LogP) is 3.76. The number of nitrogen functional groups attached to an aromatic ring is 1. The molecule has 0 amide bonds. The third kappa shape index (κ3) is 4.11. The summed E-state index contributed by atoms with van der Waals surface area (Å²) in [5.41, 5.74) is 6.38. The summed E-state index contributed by atoms with van der Waals surface area (Å²) >= 11 is 4.83. The first-order valence-electron chi connectivity index (χ1n) is 5.87. The molecule has 0 saturated carbocycles. The van der Waals surface area contributed by atoms with Gasteiger partial charge in [0, 0.05) is 10.7 Å². The highest BCUT2D eigenvalue weighted by molar-refractivity contribution is 9.10. The first-order valence-corrected chi connectivity index (χ1v) is 7.48. The van der Waals surface area contributed by atoms with E-state index in [1.54, 1.807) is 12.3 Å². The van der Waals surface area contributed by atoms with Crippen LogP contribution in [0.15, 0.2) is 45.0 Å². The van der Waals surface area contributed by atoms with Crippen molar-refractivity contribution in [3.8, 4) is 5.88 Å². The zero-order valence-corrected chi connectivity index (χ0v) is 12.9. The number of rotatable bonds is 5. The fourth-order valence-corrected chi connectivity index (χ4v) is 2.29. The number of ether oxygens (including phenoxy) is 1. The Kier molecular flexibility index (Phi) is 5.04. The molecule has 6 heteroatoms. The molecule has 4 nitrogen and oxygen atoms in total. The zero-order chi connectivity index (χ0) is 13.7. The summed E-state index contributed by atoms with van der Waals surface area (Å²) in [6, 6.07) is 7.54. The van der Waals surface area contributed by atoms with Gasteiger partial charge in [-0.2, -0.15) is 0 Å². The van der Waals surface area contributed by atoms with Crippen LogP contribution in [0.4, 0.5) is 5.69 Å². The average molecular weight is 340 g/mol. The Labute approximate surface area is 124 Å². The fraction of sp³-hybridized carbons (Fsp3) is 0.231. The van der Waals surface area contributed by atoms with Crippen molar-refractivity contribution >= 4 is 33.4 Å². The zero-order valence-electron chi connectivity index (χ0n) is 10.5. The predicted molar refractivity (Wildman–Crippen MR) is 80.5 cm³/mol. The third-order valence-corrected chi connectivity index (χ3v) is 3.57. The highest BCUT2D eigenvalue weighted by atomic mass is 79.9. The van der Waals surface area contributed by atoms with Crippen molar-refractivity contribution < 1.29 is 4.74 Å². The van der Waals surface area contributed by atoms with Crippen molar-refractivity contribution in [2.24, 2.45) is 0 Å². The van der Waals surface area contributed by atoms with Crippen molar-refractivity contribution in [1.82, 2.24) is 9.97 Å². The standard InChI is InChI=1S/C13H14BrN3OS/c1-2-7-18-13-10(15)4-6-12(17-13)19-11-5-3-9(14)8-16-11/h3-6,8H,2,7,15H2,1H3. The molecule has 0 aliphatic heterocycles. The number of anilines is 1. The minimum absolute atomic E-state index is 0.490. The summed E-state index contributed by atoms with van der Waals surface area (Å²) in [5.74, 6) is 0.490. The second kappa shape index (κ2) is 6.77. The van der Waals surface area contributed by atoms with Crippen LogP contribution >= 0.6 is 27.7 Å². The Bertz CT molecular complexity index is 548. The molecule has 100 valence electrons. The van der Waals surface area contributed by atoms with Crippen molar-refractivity contribution in [1.29, 1.82) is 0 Å². The minimum atomic E-state index is 0.490. The fourth-order valence-electron chi connectivity index (χ4n) is 1.34. The van der Waals surface area contributed by atoms with E-state index in [9.17, 15) is 0 Å². The third-order valence-electron chi connectivity index (χ3n) is 2.22. The van der Waals surface area contributed by atoms with Gasteiger partial charge in [0.05, 0.1) is 12.3 Å². The van der Waals surface area contributed by atoms with Gasteiger partial charge in [0.1, 0.15) is 10.1 Å². The normalized spacial score (nSPS) is 10.4. The van der Waals surface area contributed by atoms with E-state index in [0.717, 1.165) is 20.9 Å². The summed E-state index contributed by atoms with van der Waals surface area (Å²) in [4.78, 5) is 8.68. The van der Waals surface area contributed by atoms with Crippen molar-refractivity contribution in [2.75, 3.05) is 12.3 Å². The van der Waals surface area contributed by atoms with Gasteiger partial charge in [0.15, 0.2) is 0 Å². The number of pyridine rings is 2. The highest BCUT2D eigenvalue weighted by Gasteiger charge is 2.06. The van der Waals surface area contributed by atoms with Gasteiger partial charge in [-0.15, -0.1) is 0 Å². The van der Waals surface area contributed by atoms with Gasteiger partial charge in [0.25, 0.3) is 0 Å². The topological polar surface area (TPSA) is 61.0 Å². The molecule has 0 unspecified atom stereocenters. The molecule has 0 aliphatic rings. The number of nitrogens with two attached hydrogens (primary N) is 1. The van der Waals surface area contributed by atoms with Crippen LogP contribution in [0, 0.1) is 0 Å². The molecule has 0 atom stereocenters. The molecule has 0 saturated heterocycles. The molecule has 2 aromatic heterocycles. The molecule has 19 heavy (non-hydrogen) atoms. The summed E-state index contributed by atoms with van der Waals surface area (Å²) in [6.07, 6.45) is 2.68. The van der Waals surface area contributed by atoms with E-state index in [0.29, 0.717) is 18.2 Å². The van der Waals surface area contributed by atoms with Gasteiger partial charge in [-0.1, -0.05) is 6.92 Å². The van der Waals surface area contributed by atoms with Gasteiger partial charge in [-0.25, -0.2) is 9.97 Å². The molecular weight excluding hydrogens is 326 g/mol. The minimum Gasteiger partial charge on any atom is -0.476 e. The number of aromatic nitrogens is 2. The molecule has 0 radical (unpaired) electrons. The second-order valence-corrected chi connectivity index (χ2v) is 5.77. The molecule has 0 bridgehead atoms. The first-order chi connectivity index (χ1) is 9.19. The lowest BCUT2D eigenvalue weighted by Crippen LogP contribution is -2.01. The van der Waals surface area contributed by atoms with Crippen LogP contribution in [-0.4, -0.2) is 16.6 Å². The van der Waals surface area contributed by atoms with Crippen LogP contribution in [0.5, 0.6) is 5.88 Å². The van der Waals surface area contributed by atoms with Crippen molar-refractivity contribution in [3.63, 3.8) is 0 Å². The largest absolute Gasteiger partial charge is 0.476 e. The molecule has 0 aliphatic carbocycles. The maximum Gasteiger partial charge on any atom is 0.238 e. The monoisotopic (exact) mass is 339 g/mol. The van der Waals surface area contributed by atoms with Crippen LogP contribution in [0.1, 0.15) is 13.3 Å². The Hall–Kier alpha value is -1.27. The number of nitrogens with zero attached hydrogens (tertiary/aromatic N) is 2. The van der Waals surface area contributed by atoms with Crippen molar-refractivity contribution in [2.45, 2.75) is 23.4 Å². The summed E-state index contributed by atoms with van der Waals surface area (Å²) in [5, 5.41) is 1.69. The van der Waals surface area contributed by atoms with Crippen LogP contribution in [0.3, 0.4) is 0 Å². The Morgan fingerprint density at radius 3 is 2.74 bits per heavy atom. The van der Waals surface area contributed by atoms with Gasteiger partial charge in [0.2, 0.25) is 5.88 Å². The van der Waals surface area contributed by atoms with Gasteiger partial charge in [-0.3, -0.25) is 0 Å². The molecule has 2 heterocycles. The van der Waals surface area contributed by atoms with Crippen LogP contribution in [-0.2, 0) is 0 Å². The van der Waals surface area contributed by atoms with E-state index in [-0.39, 0.29) is 0 Å². The highest BCUT2D eigenvalue weighted by Crippen LogP contribution is 2.29. The van der Waals surface area contributed by atoms with Gasteiger partial charge < -0.3 is 10.5 Å². The lowest BCUT2D eigenvalue weighted by atomic mass is 10.4. The van der Waals surface area contributed by atoms with Gasteiger partial charge >= 0.3 is 0 Å². The molecule has 0 spiro atoms. The number of hydrogen-bond donors (Lipinski definition) is 1. The molecule has 2 aromatic rings. The Balaban J connectivity index is 2.14. The van der Waals surface area contributed by atoms with Crippen LogP contribution in [0.2, 0.25) is 0 Å². The van der Waals surface area contributed by atoms with E-state index < -0.39 is 0 Å². The molecule has 2 rings (SSSR count). The lowest BCUT2D eigenvalue weighted by Gasteiger charge is -2.08. The van der Waals surface area contributed by atoms with Crippen molar-refractivity contribution in [3.05, 3.63) is 34.9 Å². The van der Waals surface area contributed by atoms with E-state index in [4.69, 9.17) is 10.5 Å². The van der Waals surface area contributed by atoms with E-state index in [1.807, 2.05) is 25.1 Å². The molecular formula is C13H14BrN3OS. The number of hydrogen-bond acceptors (Lipinski definition) is 5. The Morgan fingerprint density at radius 2 is 2.05 bits per heavy atom. The quantitative estimate of drug-likeness (QED) is 0.898. The average Bonchev–Trinajstić information content (AvgIpc) is 2.42. The summed E-state index contributed by atoms with van der Waals surface area (Å²) in [7, 11) is 0. The smallest absolute Gasteiger partial charge is 0.238 e. The Morgan fingerprint density at radius 1 is 1.26 bits per heavy atom. The number of halogens is 1. The second-order valence-electron chi connectivity index (χ2n) is 3.81. The molecule has 0 aromatic carbocycles. The SMILES string of the molecule is CCCOc1nc(Sc2ccc(Br)cn2)ccc1N. The maximum atomic E-state index is 5.82. The van der Waals surface area contributed by atoms with E-state index in [1.165, 1.54) is 11.8 Å². The first kappa shape index (κ1) is 14.1. The maximum absolute atomic E-state index is 5.82. The van der Waals surface area contributed by atoms with E-state index in [2.05, 4.69) is 25.9 Å². The lowest BCUT2D eigenvalue weighted by molar-refractivity contribution is 0.305. The van der Waals surface area contributed by atoms with E-state index >= 15 is 0 Å².